The Kier molecular flexibility index (Phi) is 6.86. The third-order valence-corrected chi connectivity index (χ3v) is 5.80. The summed E-state index contributed by atoms with van der Waals surface area (Å²) in [6, 6.07) is 13.3. The van der Waals surface area contributed by atoms with Crippen LogP contribution in [0.15, 0.2) is 53.8 Å². The number of amides is 2. The molecular formula is C26H32N4O4. The molecule has 1 unspecified atom stereocenters. The lowest BCUT2D eigenvalue weighted by Crippen LogP contribution is -2.44. The molecule has 4 rings (SSSR count). The Hall–Kier alpha value is -3.42. The number of hydrogen-bond donors (Lipinski definition) is 0. The minimum absolute atomic E-state index is 0.0106. The zero-order valence-electron chi connectivity index (χ0n) is 20.2. The average molecular weight is 465 g/mol. The van der Waals surface area contributed by atoms with Gasteiger partial charge in [-0.2, -0.15) is 10.1 Å². The monoisotopic (exact) mass is 464 g/mol. The fraction of sp³-hybridized carbons (Fsp3) is 0.462. The maximum atomic E-state index is 12.5. The fourth-order valence-corrected chi connectivity index (χ4v) is 4.09. The van der Waals surface area contributed by atoms with Crippen LogP contribution in [0.25, 0.3) is 0 Å². The lowest BCUT2D eigenvalue weighted by atomic mass is 9.93. The van der Waals surface area contributed by atoms with Crippen molar-refractivity contribution in [3.63, 3.8) is 0 Å². The van der Waals surface area contributed by atoms with Gasteiger partial charge in [-0.25, -0.2) is 9.78 Å². The number of carbonyl (C=O) groups excluding carboxylic acids is 2. The van der Waals surface area contributed by atoms with Gasteiger partial charge in [0.05, 0.1) is 5.71 Å². The molecule has 0 spiro atoms. The molecule has 2 aliphatic rings. The van der Waals surface area contributed by atoms with Crippen LogP contribution in [0.3, 0.4) is 0 Å². The van der Waals surface area contributed by atoms with E-state index in [-0.39, 0.29) is 24.0 Å². The standard InChI is InChI=1S/C26H32N4O4/c1-18-17-23(31)30(22-7-5-6-14-27-22)28-24(18)19-8-10-20(11-9-19)33-21-12-15-29(16-13-21)25(32)34-26(2,3)4/h5-11,14,18,21H,12-13,15-17H2,1-4H3. The molecule has 1 aromatic carbocycles. The molecule has 8 nitrogen and oxygen atoms in total. The van der Waals surface area contributed by atoms with E-state index in [2.05, 4.69) is 10.1 Å². The maximum Gasteiger partial charge on any atom is 0.410 e. The molecule has 0 aliphatic carbocycles. The highest BCUT2D eigenvalue weighted by Crippen LogP contribution is 2.26. The molecule has 34 heavy (non-hydrogen) atoms. The topological polar surface area (TPSA) is 84.3 Å². The number of anilines is 1. The van der Waals surface area contributed by atoms with Crippen LogP contribution in [0.1, 0.15) is 52.5 Å². The van der Waals surface area contributed by atoms with Crippen LogP contribution in [0, 0.1) is 5.92 Å². The highest BCUT2D eigenvalue weighted by Gasteiger charge is 2.30. The number of ether oxygens (including phenoxy) is 2. The van der Waals surface area contributed by atoms with Gasteiger partial charge in [-0.1, -0.05) is 13.0 Å². The van der Waals surface area contributed by atoms with Gasteiger partial charge in [0.25, 0.3) is 0 Å². The zero-order valence-corrected chi connectivity index (χ0v) is 20.2. The number of nitrogens with zero attached hydrogens (tertiary/aromatic N) is 4. The normalized spacial score (nSPS) is 19.6. The molecular weight excluding hydrogens is 432 g/mol. The second kappa shape index (κ2) is 9.83. The number of aromatic nitrogens is 1. The van der Waals surface area contributed by atoms with E-state index in [0.717, 1.165) is 29.9 Å². The first-order valence-electron chi connectivity index (χ1n) is 11.8. The Bertz CT molecular complexity index is 1040. The number of likely N-dealkylation sites (tertiary alicyclic amines) is 1. The van der Waals surface area contributed by atoms with E-state index in [0.29, 0.717) is 25.3 Å². The first-order valence-corrected chi connectivity index (χ1v) is 11.8. The first kappa shape index (κ1) is 23.7. The summed E-state index contributed by atoms with van der Waals surface area (Å²) in [6.07, 6.45) is 3.32. The second-order valence-electron chi connectivity index (χ2n) is 9.79. The van der Waals surface area contributed by atoms with Crippen molar-refractivity contribution >= 4 is 23.5 Å². The largest absolute Gasteiger partial charge is 0.490 e. The minimum Gasteiger partial charge on any atom is -0.490 e. The number of pyridine rings is 1. The van der Waals surface area contributed by atoms with E-state index >= 15 is 0 Å². The van der Waals surface area contributed by atoms with Crippen molar-refractivity contribution in [2.75, 3.05) is 18.1 Å². The third-order valence-electron chi connectivity index (χ3n) is 5.80. The van der Waals surface area contributed by atoms with Crippen LogP contribution >= 0.6 is 0 Å². The van der Waals surface area contributed by atoms with Crippen molar-refractivity contribution in [2.24, 2.45) is 11.0 Å². The van der Waals surface area contributed by atoms with Gasteiger partial charge in [0.2, 0.25) is 5.91 Å². The molecule has 0 bridgehead atoms. The molecule has 1 aromatic heterocycles. The van der Waals surface area contributed by atoms with Crippen molar-refractivity contribution in [1.82, 2.24) is 9.88 Å². The Morgan fingerprint density at radius 3 is 2.38 bits per heavy atom. The van der Waals surface area contributed by atoms with Gasteiger partial charge in [0.1, 0.15) is 17.5 Å². The Morgan fingerprint density at radius 2 is 1.76 bits per heavy atom. The van der Waals surface area contributed by atoms with Gasteiger partial charge in [-0.15, -0.1) is 0 Å². The summed E-state index contributed by atoms with van der Waals surface area (Å²) < 4.78 is 11.6. The predicted molar refractivity (Wildman–Crippen MR) is 130 cm³/mol. The second-order valence-corrected chi connectivity index (χ2v) is 9.79. The maximum absolute atomic E-state index is 12.5. The van der Waals surface area contributed by atoms with Gasteiger partial charge in [0, 0.05) is 44.5 Å². The van der Waals surface area contributed by atoms with Crippen LogP contribution in [-0.2, 0) is 9.53 Å². The SMILES string of the molecule is CC1CC(=O)N(c2ccccn2)N=C1c1ccc(OC2CCN(C(=O)OC(C)(C)C)CC2)cc1. The molecule has 180 valence electrons. The highest BCUT2D eigenvalue weighted by molar-refractivity contribution is 6.09. The Balaban J connectivity index is 1.38. The lowest BCUT2D eigenvalue weighted by Gasteiger charge is -2.33. The summed E-state index contributed by atoms with van der Waals surface area (Å²) in [4.78, 5) is 30.8. The minimum atomic E-state index is -0.492. The average Bonchev–Trinajstić information content (AvgIpc) is 2.80. The summed E-state index contributed by atoms with van der Waals surface area (Å²) in [6.45, 7) is 8.86. The smallest absolute Gasteiger partial charge is 0.410 e. The lowest BCUT2D eigenvalue weighted by molar-refractivity contribution is -0.119. The number of carbonyl (C=O) groups is 2. The summed E-state index contributed by atoms with van der Waals surface area (Å²) in [7, 11) is 0. The van der Waals surface area contributed by atoms with Crippen molar-refractivity contribution in [3.05, 3.63) is 54.2 Å². The van der Waals surface area contributed by atoms with E-state index in [1.165, 1.54) is 5.01 Å². The van der Waals surface area contributed by atoms with Crippen LogP contribution in [0.4, 0.5) is 10.6 Å². The van der Waals surface area contributed by atoms with Gasteiger partial charge in [-0.3, -0.25) is 4.79 Å². The number of hydrogen-bond acceptors (Lipinski definition) is 6. The summed E-state index contributed by atoms with van der Waals surface area (Å²) in [5.41, 5.74) is 1.31. The Morgan fingerprint density at radius 1 is 1.06 bits per heavy atom. The number of benzene rings is 1. The molecule has 0 radical (unpaired) electrons. The van der Waals surface area contributed by atoms with Gasteiger partial charge in [0.15, 0.2) is 5.82 Å². The van der Waals surface area contributed by atoms with Gasteiger partial charge < -0.3 is 14.4 Å². The molecule has 1 fully saturated rings. The predicted octanol–water partition coefficient (Wildman–Crippen LogP) is 4.64. The molecule has 3 heterocycles. The third kappa shape index (κ3) is 5.73. The Labute approximate surface area is 200 Å². The van der Waals surface area contributed by atoms with Gasteiger partial charge >= 0.3 is 6.09 Å². The number of hydrazone groups is 1. The van der Waals surface area contributed by atoms with E-state index in [1.54, 1.807) is 17.2 Å². The van der Waals surface area contributed by atoms with Crippen LogP contribution < -0.4 is 9.75 Å². The summed E-state index contributed by atoms with van der Waals surface area (Å²) in [5.74, 6) is 1.25. The van der Waals surface area contributed by atoms with Gasteiger partial charge in [-0.05, 0) is 62.7 Å². The van der Waals surface area contributed by atoms with Crippen molar-refractivity contribution in [1.29, 1.82) is 0 Å². The number of rotatable bonds is 4. The molecule has 2 aromatic rings. The molecule has 2 aliphatic heterocycles. The van der Waals surface area contributed by atoms with E-state index in [1.807, 2.05) is 64.1 Å². The van der Waals surface area contributed by atoms with Crippen LogP contribution in [-0.4, -0.2) is 52.4 Å². The molecule has 0 saturated carbocycles. The van der Waals surface area contributed by atoms with Crippen LogP contribution in [0.5, 0.6) is 5.75 Å². The molecule has 0 N–H and O–H groups in total. The van der Waals surface area contributed by atoms with Crippen molar-refractivity contribution in [2.45, 2.75) is 58.7 Å². The van der Waals surface area contributed by atoms with Crippen molar-refractivity contribution < 1.29 is 19.1 Å². The van der Waals surface area contributed by atoms with Crippen molar-refractivity contribution in [3.8, 4) is 5.75 Å². The van der Waals surface area contributed by atoms with E-state index in [4.69, 9.17) is 9.47 Å². The summed E-state index contributed by atoms with van der Waals surface area (Å²) >= 11 is 0. The summed E-state index contributed by atoms with van der Waals surface area (Å²) in [5, 5.41) is 6.01. The quantitative estimate of drug-likeness (QED) is 0.658. The van der Waals surface area contributed by atoms with E-state index in [9.17, 15) is 9.59 Å². The van der Waals surface area contributed by atoms with Crippen LogP contribution in [0.2, 0.25) is 0 Å². The molecule has 2 amide bonds. The molecule has 1 atom stereocenters. The molecule has 1 saturated heterocycles. The fourth-order valence-electron chi connectivity index (χ4n) is 4.09. The first-order chi connectivity index (χ1) is 16.2. The van der Waals surface area contributed by atoms with E-state index < -0.39 is 5.60 Å². The zero-order chi connectivity index (χ0) is 24.3. The molecule has 8 heteroatoms. The highest BCUT2D eigenvalue weighted by atomic mass is 16.6. The number of piperidine rings is 1.